The van der Waals surface area contributed by atoms with Gasteiger partial charge in [0.05, 0.1) is 18.1 Å². The van der Waals surface area contributed by atoms with Crippen molar-refractivity contribution in [2.75, 3.05) is 18.5 Å². The molecule has 38 heavy (non-hydrogen) atoms. The van der Waals surface area contributed by atoms with Crippen molar-refractivity contribution in [1.29, 1.82) is 0 Å². The van der Waals surface area contributed by atoms with Crippen molar-refractivity contribution >= 4 is 23.7 Å². The predicted octanol–water partition coefficient (Wildman–Crippen LogP) is 4.17. The quantitative estimate of drug-likeness (QED) is 0.284. The van der Waals surface area contributed by atoms with Gasteiger partial charge in [-0.05, 0) is 56.1 Å². The van der Waals surface area contributed by atoms with Crippen LogP contribution >= 0.6 is 0 Å². The number of ether oxygens (including phenoxy) is 1. The van der Waals surface area contributed by atoms with E-state index < -0.39 is 18.2 Å². The van der Waals surface area contributed by atoms with Crippen LogP contribution in [0.5, 0.6) is 0 Å². The molecule has 204 valence electrons. The van der Waals surface area contributed by atoms with Crippen molar-refractivity contribution in [2.45, 2.75) is 76.5 Å². The van der Waals surface area contributed by atoms with Gasteiger partial charge in [0, 0.05) is 25.6 Å². The molecule has 4 rings (SSSR count). The number of benzene rings is 1. The Morgan fingerprint density at radius 3 is 2.58 bits per heavy atom. The fourth-order valence-corrected chi connectivity index (χ4v) is 4.78. The van der Waals surface area contributed by atoms with E-state index in [1.165, 1.54) is 43.7 Å². The molecule has 0 spiro atoms. The number of rotatable bonds is 12. The molecule has 0 bridgehead atoms. The van der Waals surface area contributed by atoms with E-state index >= 15 is 0 Å². The zero-order chi connectivity index (χ0) is 26.4. The SMILES string of the molecule is O=C(C=Cc1cnc(N[C@H](CCc2ccccc2)C(=O)NCC2CCCCC2)cn1)NOC1CCCCO1. The Balaban J connectivity index is 1.29. The highest BCUT2D eigenvalue weighted by molar-refractivity contribution is 5.90. The minimum absolute atomic E-state index is 0.0177. The molecule has 1 aromatic carbocycles. The molecule has 1 saturated carbocycles. The number of hydrogen-bond donors (Lipinski definition) is 3. The summed E-state index contributed by atoms with van der Waals surface area (Å²) in [5, 5.41) is 6.43. The van der Waals surface area contributed by atoms with Crippen LogP contribution in [0.4, 0.5) is 5.82 Å². The monoisotopic (exact) mass is 521 g/mol. The second kappa shape index (κ2) is 15.2. The molecule has 1 saturated heterocycles. The van der Waals surface area contributed by atoms with Crippen molar-refractivity contribution in [2.24, 2.45) is 5.92 Å². The highest BCUT2D eigenvalue weighted by Gasteiger charge is 2.21. The van der Waals surface area contributed by atoms with Crippen molar-refractivity contribution < 1.29 is 19.2 Å². The number of carbonyl (C=O) groups is 2. The first kappa shape index (κ1) is 27.7. The van der Waals surface area contributed by atoms with E-state index in [-0.39, 0.29) is 5.91 Å². The van der Waals surface area contributed by atoms with E-state index in [9.17, 15) is 9.59 Å². The number of amides is 2. The number of hydrogen-bond acceptors (Lipinski definition) is 7. The van der Waals surface area contributed by atoms with Crippen LogP contribution in [0.25, 0.3) is 6.08 Å². The second-order valence-electron chi connectivity index (χ2n) is 10.0. The predicted molar refractivity (Wildman–Crippen MR) is 146 cm³/mol. The Morgan fingerprint density at radius 2 is 1.84 bits per heavy atom. The summed E-state index contributed by atoms with van der Waals surface area (Å²) in [5.41, 5.74) is 4.08. The van der Waals surface area contributed by atoms with Crippen LogP contribution in [0.2, 0.25) is 0 Å². The number of aromatic nitrogens is 2. The maximum atomic E-state index is 13.1. The summed E-state index contributed by atoms with van der Waals surface area (Å²) in [7, 11) is 0. The van der Waals surface area contributed by atoms with E-state index in [2.05, 4.69) is 38.2 Å². The van der Waals surface area contributed by atoms with Crippen molar-refractivity contribution in [3.8, 4) is 0 Å². The number of carbonyl (C=O) groups excluding carboxylic acids is 2. The van der Waals surface area contributed by atoms with Crippen LogP contribution in [-0.4, -0.2) is 47.3 Å². The molecule has 1 aliphatic carbocycles. The molecule has 9 nitrogen and oxygen atoms in total. The Morgan fingerprint density at radius 1 is 1.03 bits per heavy atom. The lowest BCUT2D eigenvalue weighted by Gasteiger charge is -2.24. The van der Waals surface area contributed by atoms with Crippen LogP contribution in [0.3, 0.4) is 0 Å². The lowest BCUT2D eigenvalue weighted by molar-refractivity contribution is -0.198. The van der Waals surface area contributed by atoms with Gasteiger partial charge in [-0.2, -0.15) is 0 Å². The minimum atomic E-state index is -0.431. The normalized spacial score (nSPS) is 19.1. The first-order chi connectivity index (χ1) is 18.7. The van der Waals surface area contributed by atoms with Gasteiger partial charge in [-0.25, -0.2) is 15.3 Å². The Bertz CT molecular complexity index is 1020. The molecule has 2 aromatic rings. The van der Waals surface area contributed by atoms with Gasteiger partial charge in [-0.15, -0.1) is 0 Å². The zero-order valence-corrected chi connectivity index (χ0v) is 21.9. The van der Waals surface area contributed by atoms with Gasteiger partial charge in [0.25, 0.3) is 5.91 Å². The van der Waals surface area contributed by atoms with E-state index in [4.69, 9.17) is 9.57 Å². The third kappa shape index (κ3) is 9.54. The summed E-state index contributed by atoms with van der Waals surface area (Å²) in [6, 6.07) is 9.72. The van der Waals surface area contributed by atoms with Gasteiger partial charge in [-0.3, -0.25) is 14.6 Å². The van der Waals surface area contributed by atoms with E-state index in [1.807, 2.05) is 18.2 Å². The third-order valence-corrected chi connectivity index (χ3v) is 7.00. The summed E-state index contributed by atoms with van der Waals surface area (Å²) in [4.78, 5) is 39.2. The minimum Gasteiger partial charge on any atom is -0.357 e. The molecule has 1 unspecified atom stereocenters. The molecule has 2 heterocycles. The molecule has 2 fully saturated rings. The molecule has 1 aromatic heterocycles. The maximum absolute atomic E-state index is 13.1. The zero-order valence-electron chi connectivity index (χ0n) is 21.9. The summed E-state index contributed by atoms with van der Waals surface area (Å²) in [6.45, 7) is 1.36. The van der Waals surface area contributed by atoms with Crippen LogP contribution in [0.1, 0.15) is 69.0 Å². The summed E-state index contributed by atoms with van der Waals surface area (Å²) < 4.78 is 5.42. The average Bonchev–Trinajstić information content (AvgIpc) is 2.98. The highest BCUT2D eigenvalue weighted by atomic mass is 16.8. The largest absolute Gasteiger partial charge is 0.357 e. The average molecular weight is 522 g/mol. The summed E-state index contributed by atoms with van der Waals surface area (Å²) in [5.74, 6) is 0.649. The van der Waals surface area contributed by atoms with E-state index in [0.717, 1.165) is 32.2 Å². The molecular weight excluding hydrogens is 482 g/mol. The Hall–Kier alpha value is -3.30. The van der Waals surface area contributed by atoms with Gasteiger partial charge >= 0.3 is 0 Å². The van der Waals surface area contributed by atoms with Gasteiger partial charge < -0.3 is 15.4 Å². The number of anilines is 1. The second-order valence-corrected chi connectivity index (χ2v) is 10.0. The Kier molecular flexibility index (Phi) is 11.1. The molecule has 9 heteroatoms. The number of hydroxylamine groups is 1. The highest BCUT2D eigenvalue weighted by Crippen LogP contribution is 2.23. The lowest BCUT2D eigenvalue weighted by atomic mass is 9.89. The smallest absolute Gasteiger partial charge is 0.267 e. The number of nitrogens with one attached hydrogen (secondary N) is 3. The van der Waals surface area contributed by atoms with E-state index in [1.54, 1.807) is 18.5 Å². The molecule has 3 N–H and O–H groups in total. The molecule has 2 aliphatic rings. The molecule has 1 aliphatic heterocycles. The molecule has 0 radical (unpaired) electrons. The standard InChI is InChI=1S/C29H39N5O4/c35-27(34-38-28-13-7-8-18-37-28)17-15-24-20-31-26(21-30-24)33-25(16-14-22-9-3-1-4-10-22)29(36)32-19-23-11-5-2-6-12-23/h1,3-4,9-10,15,17,20-21,23,25,28H,2,5-8,11-14,16,18-19H2,(H,31,33)(H,32,36)(H,34,35)/t25-,28?/m1/s1. The third-order valence-electron chi connectivity index (χ3n) is 7.00. The van der Waals surface area contributed by atoms with Gasteiger partial charge in [-0.1, -0.05) is 49.6 Å². The van der Waals surface area contributed by atoms with Gasteiger partial charge in [0.15, 0.2) is 6.29 Å². The van der Waals surface area contributed by atoms with Crippen LogP contribution < -0.4 is 16.1 Å². The van der Waals surface area contributed by atoms with Crippen LogP contribution in [0, 0.1) is 5.92 Å². The van der Waals surface area contributed by atoms with Crippen molar-refractivity contribution in [1.82, 2.24) is 20.8 Å². The molecular formula is C29H39N5O4. The maximum Gasteiger partial charge on any atom is 0.267 e. The fraction of sp³-hybridized carbons (Fsp3) is 0.517. The fourth-order valence-electron chi connectivity index (χ4n) is 4.78. The topological polar surface area (TPSA) is 114 Å². The lowest BCUT2D eigenvalue weighted by Crippen LogP contribution is -2.42. The first-order valence-corrected chi connectivity index (χ1v) is 13.8. The van der Waals surface area contributed by atoms with Gasteiger partial charge in [0.1, 0.15) is 11.9 Å². The van der Waals surface area contributed by atoms with Crippen LogP contribution in [-0.2, 0) is 25.6 Å². The van der Waals surface area contributed by atoms with Crippen molar-refractivity contribution in [3.63, 3.8) is 0 Å². The number of aryl methyl sites for hydroxylation is 1. The summed E-state index contributed by atoms with van der Waals surface area (Å²) >= 11 is 0. The van der Waals surface area contributed by atoms with E-state index in [0.29, 0.717) is 30.5 Å². The Labute approximate surface area is 224 Å². The first-order valence-electron chi connectivity index (χ1n) is 13.8. The van der Waals surface area contributed by atoms with Crippen LogP contribution in [0.15, 0.2) is 48.8 Å². The van der Waals surface area contributed by atoms with Gasteiger partial charge in [0.2, 0.25) is 5.91 Å². The summed E-state index contributed by atoms with van der Waals surface area (Å²) in [6.07, 6.45) is 16.0. The molecule has 2 amide bonds. The number of nitrogens with zero attached hydrogens (tertiary/aromatic N) is 2. The molecule has 2 atom stereocenters. The van der Waals surface area contributed by atoms with Crippen molar-refractivity contribution in [3.05, 3.63) is 60.1 Å².